The van der Waals surface area contributed by atoms with E-state index in [0.717, 1.165) is 5.57 Å². The Bertz CT molecular complexity index is 810. The molecule has 0 aromatic heterocycles. The van der Waals surface area contributed by atoms with Crippen LogP contribution in [0.4, 0.5) is 0 Å². The normalized spacial score (nSPS) is 16.3. The molecule has 0 N–H and O–H groups in total. The van der Waals surface area contributed by atoms with Crippen molar-refractivity contribution < 1.29 is 0 Å². The molecule has 2 aromatic rings. The van der Waals surface area contributed by atoms with E-state index in [0.29, 0.717) is 0 Å². The second kappa shape index (κ2) is 6.28. The van der Waals surface area contributed by atoms with Crippen LogP contribution in [0, 0.1) is 6.92 Å². The average molecular weight is 298 g/mol. The Hall–Kier alpha value is -2.56. The second-order valence-corrected chi connectivity index (χ2v) is 6.31. The highest BCUT2D eigenvalue weighted by atomic mass is 14.3. The highest BCUT2D eigenvalue weighted by Gasteiger charge is 2.31. The lowest BCUT2D eigenvalue weighted by atomic mass is 9.70. The monoisotopic (exact) mass is 298 g/mol. The molecule has 3 rings (SSSR count). The summed E-state index contributed by atoms with van der Waals surface area (Å²) in [6.45, 7) is 6.51. The summed E-state index contributed by atoms with van der Waals surface area (Å²) >= 11 is 0. The third-order valence-corrected chi connectivity index (χ3v) is 4.64. The van der Waals surface area contributed by atoms with Crippen molar-refractivity contribution in [1.82, 2.24) is 0 Å². The zero-order valence-corrected chi connectivity index (χ0v) is 14.0. The minimum atomic E-state index is -0.186. The van der Waals surface area contributed by atoms with Crippen molar-refractivity contribution in [1.29, 1.82) is 0 Å². The van der Waals surface area contributed by atoms with E-state index in [1.165, 1.54) is 22.3 Å². The first kappa shape index (κ1) is 15.3. The Morgan fingerprint density at radius 3 is 2.13 bits per heavy atom. The first-order chi connectivity index (χ1) is 11.1. The van der Waals surface area contributed by atoms with Gasteiger partial charge in [-0.1, -0.05) is 78.4 Å². The van der Waals surface area contributed by atoms with Crippen molar-refractivity contribution in [3.63, 3.8) is 0 Å². The molecule has 0 bridgehead atoms. The SMILES string of the molecule is CC1=C=CC=C(C(C)(c2ccccc2)c2ccc(C)cc2)C=C1. The molecule has 0 nitrogen and oxygen atoms in total. The van der Waals surface area contributed by atoms with Crippen LogP contribution in [0.1, 0.15) is 30.5 Å². The molecular weight excluding hydrogens is 276 g/mol. The van der Waals surface area contributed by atoms with Gasteiger partial charge in [0, 0.05) is 5.41 Å². The molecule has 0 heterocycles. The van der Waals surface area contributed by atoms with E-state index in [-0.39, 0.29) is 5.41 Å². The molecule has 0 fully saturated rings. The minimum Gasteiger partial charge on any atom is -0.118 e. The Morgan fingerprint density at radius 2 is 1.43 bits per heavy atom. The van der Waals surface area contributed by atoms with Gasteiger partial charge in [0.15, 0.2) is 0 Å². The Balaban J connectivity index is 2.19. The molecule has 0 amide bonds. The maximum Gasteiger partial charge on any atom is 0.0423 e. The largest absolute Gasteiger partial charge is 0.118 e. The van der Waals surface area contributed by atoms with Crippen molar-refractivity contribution in [2.45, 2.75) is 26.2 Å². The summed E-state index contributed by atoms with van der Waals surface area (Å²) in [6, 6.07) is 19.6. The van der Waals surface area contributed by atoms with Crippen LogP contribution in [0.25, 0.3) is 0 Å². The van der Waals surface area contributed by atoms with Crippen molar-refractivity contribution in [2.75, 3.05) is 0 Å². The number of hydrogen-bond acceptors (Lipinski definition) is 0. The molecule has 1 unspecified atom stereocenters. The Morgan fingerprint density at radius 1 is 0.783 bits per heavy atom. The number of benzene rings is 2. The molecule has 114 valence electrons. The van der Waals surface area contributed by atoms with Gasteiger partial charge in [-0.3, -0.25) is 0 Å². The fraction of sp³-hybridized carbons (Fsp3) is 0.174. The molecule has 2 aromatic carbocycles. The first-order valence-corrected chi connectivity index (χ1v) is 8.05. The van der Waals surface area contributed by atoms with Crippen LogP contribution in [-0.4, -0.2) is 0 Å². The second-order valence-electron chi connectivity index (χ2n) is 6.31. The van der Waals surface area contributed by atoms with Crippen LogP contribution < -0.4 is 0 Å². The third-order valence-electron chi connectivity index (χ3n) is 4.64. The van der Waals surface area contributed by atoms with Gasteiger partial charge in [0.2, 0.25) is 0 Å². The smallest absolute Gasteiger partial charge is 0.0423 e. The van der Waals surface area contributed by atoms with E-state index in [1.807, 2.05) is 6.08 Å². The molecule has 0 radical (unpaired) electrons. The van der Waals surface area contributed by atoms with Gasteiger partial charge in [-0.2, -0.15) is 0 Å². The van der Waals surface area contributed by atoms with E-state index in [2.05, 4.69) is 99.3 Å². The summed E-state index contributed by atoms with van der Waals surface area (Å²) in [5, 5.41) is 0. The average Bonchev–Trinajstić information content (AvgIpc) is 2.80. The zero-order valence-electron chi connectivity index (χ0n) is 14.0. The molecule has 0 saturated heterocycles. The van der Waals surface area contributed by atoms with Gasteiger partial charge in [-0.05, 0) is 49.1 Å². The van der Waals surface area contributed by atoms with E-state index in [1.54, 1.807) is 0 Å². The molecule has 0 spiro atoms. The van der Waals surface area contributed by atoms with Gasteiger partial charge >= 0.3 is 0 Å². The molecular formula is C23H22. The predicted octanol–water partition coefficient (Wildman–Crippen LogP) is 5.90. The zero-order chi connectivity index (χ0) is 16.3. The molecule has 1 aliphatic carbocycles. The number of aryl methyl sites for hydroxylation is 1. The molecule has 0 saturated carbocycles. The maximum atomic E-state index is 3.29. The summed E-state index contributed by atoms with van der Waals surface area (Å²) < 4.78 is 0. The highest BCUT2D eigenvalue weighted by Crippen LogP contribution is 2.40. The van der Waals surface area contributed by atoms with Crippen LogP contribution in [-0.2, 0) is 5.41 Å². The third kappa shape index (κ3) is 2.99. The van der Waals surface area contributed by atoms with Crippen LogP contribution in [0.15, 0.2) is 95.8 Å². The standard InChI is InChI=1S/C23H22/c1-18-8-7-11-21(15-12-18)23(3,20-9-5-4-6-10-20)22-16-13-19(2)14-17-22/h4-7,9-17H,1-3H3. The van der Waals surface area contributed by atoms with E-state index >= 15 is 0 Å². The van der Waals surface area contributed by atoms with Crippen molar-refractivity contribution in [3.8, 4) is 0 Å². The lowest BCUT2D eigenvalue weighted by molar-refractivity contribution is 0.691. The quantitative estimate of drug-likeness (QED) is 0.619. The van der Waals surface area contributed by atoms with Gasteiger partial charge in [0.05, 0.1) is 0 Å². The Labute approximate surface area is 139 Å². The van der Waals surface area contributed by atoms with Crippen LogP contribution in [0.5, 0.6) is 0 Å². The number of rotatable bonds is 3. The fourth-order valence-corrected chi connectivity index (χ4v) is 3.07. The van der Waals surface area contributed by atoms with Crippen LogP contribution in [0.2, 0.25) is 0 Å². The van der Waals surface area contributed by atoms with Gasteiger partial charge in [0.25, 0.3) is 0 Å². The predicted molar refractivity (Wildman–Crippen MR) is 98.6 cm³/mol. The summed E-state index contributed by atoms with van der Waals surface area (Å²) in [6.07, 6.45) is 8.57. The number of hydrogen-bond donors (Lipinski definition) is 0. The van der Waals surface area contributed by atoms with Crippen molar-refractivity contribution >= 4 is 0 Å². The van der Waals surface area contributed by atoms with E-state index < -0.39 is 0 Å². The summed E-state index contributed by atoms with van der Waals surface area (Å²) in [7, 11) is 0. The first-order valence-electron chi connectivity index (χ1n) is 8.05. The number of allylic oxidation sites excluding steroid dienone is 5. The highest BCUT2D eigenvalue weighted by molar-refractivity contribution is 5.53. The molecule has 23 heavy (non-hydrogen) atoms. The lowest BCUT2D eigenvalue weighted by Crippen LogP contribution is -2.25. The Kier molecular flexibility index (Phi) is 4.19. The van der Waals surface area contributed by atoms with E-state index in [9.17, 15) is 0 Å². The maximum absolute atomic E-state index is 3.29. The topological polar surface area (TPSA) is 0 Å². The summed E-state index contributed by atoms with van der Waals surface area (Å²) in [5.41, 5.74) is 9.41. The molecule has 1 aliphatic rings. The van der Waals surface area contributed by atoms with Gasteiger partial charge in [-0.25, -0.2) is 0 Å². The van der Waals surface area contributed by atoms with Crippen molar-refractivity contribution in [2.24, 2.45) is 0 Å². The molecule has 0 aliphatic heterocycles. The minimum absolute atomic E-state index is 0.186. The van der Waals surface area contributed by atoms with Gasteiger partial charge < -0.3 is 0 Å². The summed E-state index contributed by atoms with van der Waals surface area (Å²) in [4.78, 5) is 0. The molecule has 0 heteroatoms. The summed E-state index contributed by atoms with van der Waals surface area (Å²) in [5.74, 6) is 0. The van der Waals surface area contributed by atoms with Gasteiger partial charge in [0.1, 0.15) is 0 Å². The van der Waals surface area contributed by atoms with Gasteiger partial charge in [-0.15, -0.1) is 5.73 Å². The van der Waals surface area contributed by atoms with Crippen LogP contribution in [0.3, 0.4) is 0 Å². The lowest BCUT2D eigenvalue weighted by Gasteiger charge is -2.32. The van der Waals surface area contributed by atoms with Crippen LogP contribution >= 0.6 is 0 Å². The van der Waals surface area contributed by atoms with E-state index in [4.69, 9.17) is 0 Å². The van der Waals surface area contributed by atoms with Crippen molar-refractivity contribution in [3.05, 3.63) is 112 Å². The fourth-order valence-electron chi connectivity index (χ4n) is 3.07. The molecule has 1 atom stereocenters.